The molecule has 0 radical (unpaired) electrons. The molecule has 1 atom stereocenters. The number of hydrogen-bond acceptors (Lipinski definition) is 2. The first kappa shape index (κ1) is 19.9. The first-order chi connectivity index (χ1) is 13.0. The van der Waals surface area contributed by atoms with Crippen LogP contribution in [0.1, 0.15) is 62.6 Å². The number of ether oxygens (including phenoxy) is 1. The van der Waals surface area contributed by atoms with Crippen LogP contribution in [0.5, 0.6) is 11.5 Å². The van der Waals surface area contributed by atoms with Crippen molar-refractivity contribution in [3.63, 3.8) is 0 Å². The third-order valence-corrected chi connectivity index (χ3v) is 5.89. The molecule has 0 saturated heterocycles. The number of aromatic hydroxyl groups is 1. The molecule has 3 rings (SSSR count). The summed E-state index contributed by atoms with van der Waals surface area (Å²) in [7, 11) is 0. The predicted octanol–water partition coefficient (Wildman–Crippen LogP) is 6.98. The molecule has 2 aromatic rings. The normalized spacial score (nSPS) is 15.3. The van der Waals surface area contributed by atoms with Gasteiger partial charge >= 0.3 is 0 Å². The van der Waals surface area contributed by atoms with Gasteiger partial charge in [0.1, 0.15) is 5.75 Å². The largest absolute Gasteiger partial charge is 0.505 e. The van der Waals surface area contributed by atoms with Crippen molar-refractivity contribution in [2.45, 2.75) is 58.5 Å². The minimum atomic E-state index is -0.502. The summed E-state index contributed by atoms with van der Waals surface area (Å²) in [5.74, 6) is 0.0791. The van der Waals surface area contributed by atoms with Gasteiger partial charge in [-0.05, 0) is 72.6 Å². The highest BCUT2D eigenvalue weighted by atomic mass is 79.9. The maximum absolute atomic E-state index is 14.5. The summed E-state index contributed by atoms with van der Waals surface area (Å²) in [5.41, 5.74) is 3.45. The lowest BCUT2D eigenvalue weighted by Gasteiger charge is -2.18. The van der Waals surface area contributed by atoms with E-state index >= 15 is 0 Å². The Kier molecular flexibility index (Phi) is 6.59. The lowest BCUT2D eigenvalue weighted by atomic mass is 9.93. The summed E-state index contributed by atoms with van der Waals surface area (Å²) in [5, 5.41) is 9.76. The van der Waals surface area contributed by atoms with Crippen molar-refractivity contribution in [1.29, 1.82) is 0 Å². The Morgan fingerprint density at radius 1 is 1.11 bits per heavy atom. The van der Waals surface area contributed by atoms with Crippen LogP contribution in [0, 0.1) is 5.82 Å². The van der Waals surface area contributed by atoms with Crippen molar-refractivity contribution in [3.05, 3.63) is 63.4 Å². The van der Waals surface area contributed by atoms with E-state index in [-0.39, 0.29) is 11.9 Å². The molecule has 0 bridgehead atoms. The maximum atomic E-state index is 14.5. The number of halogens is 2. The molecular formula is C23H26BrFO2. The van der Waals surface area contributed by atoms with E-state index in [1.807, 2.05) is 30.3 Å². The third-order valence-electron chi connectivity index (χ3n) is 5.10. The first-order valence-electron chi connectivity index (χ1n) is 9.71. The summed E-state index contributed by atoms with van der Waals surface area (Å²) >= 11 is 3.71. The standard InChI is InChI=1S/C23H26BrFO2/c1-3-6-16(4-2)27-17-11-9-15(10-12-17)22-18-13-14-21(26)23(25)19(18)7-5-8-20(22)24/h9-14,16,26H,3-8H2,1-2H3. The Labute approximate surface area is 169 Å². The van der Waals surface area contributed by atoms with Crippen LogP contribution in [0.2, 0.25) is 0 Å². The lowest BCUT2D eigenvalue weighted by Crippen LogP contribution is -2.14. The molecule has 0 heterocycles. The Hall–Kier alpha value is -1.81. The summed E-state index contributed by atoms with van der Waals surface area (Å²) in [4.78, 5) is 0. The minimum absolute atomic E-state index is 0.238. The molecule has 0 saturated carbocycles. The van der Waals surface area contributed by atoms with Crippen LogP contribution in [-0.4, -0.2) is 11.2 Å². The van der Waals surface area contributed by atoms with Crippen molar-refractivity contribution in [1.82, 2.24) is 0 Å². The van der Waals surface area contributed by atoms with Crippen LogP contribution >= 0.6 is 15.9 Å². The molecule has 0 aliphatic heterocycles. The van der Waals surface area contributed by atoms with Gasteiger partial charge in [-0.1, -0.05) is 54.4 Å². The minimum Gasteiger partial charge on any atom is -0.505 e. The highest BCUT2D eigenvalue weighted by Crippen LogP contribution is 2.40. The molecule has 1 unspecified atom stereocenters. The van der Waals surface area contributed by atoms with E-state index in [2.05, 4.69) is 29.8 Å². The number of phenols is 1. The summed E-state index contributed by atoms with van der Waals surface area (Å²) in [6.45, 7) is 4.31. The van der Waals surface area contributed by atoms with Crippen molar-refractivity contribution < 1.29 is 14.2 Å². The average molecular weight is 433 g/mol. The maximum Gasteiger partial charge on any atom is 0.168 e. The van der Waals surface area contributed by atoms with Crippen molar-refractivity contribution in [3.8, 4) is 11.5 Å². The Balaban J connectivity index is 1.95. The fraction of sp³-hybridized carbons (Fsp3) is 0.391. The number of allylic oxidation sites excluding steroid dienone is 1. The van der Waals surface area contributed by atoms with Crippen molar-refractivity contribution in [2.24, 2.45) is 0 Å². The fourth-order valence-corrected chi connectivity index (χ4v) is 4.37. The third kappa shape index (κ3) is 4.37. The Bertz CT molecular complexity index is 827. The van der Waals surface area contributed by atoms with Gasteiger partial charge in [0.25, 0.3) is 0 Å². The van der Waals surface area contributed by atoms with E-state index in [9.17, 15) is 9.50 Å². The molecule has 0 fully saturated rings. The van der Waals surface area contributed by atoms with Crippen LogP contribution in [0.3, 0.4) is 0 Å². The first-order valence-corrected chi connectivity index (χ1v) is 10.5. The molecule has 2 nitrogen and oxygen atoms in total. The van der Waals surface area contributed by atoms with Gasteiger partial charge in [0.2, 0.25) is 0 Å². The van der Waals surface area contributed by atoms with Crippen LogP contribution in [0.15, 0.2) is 40.9 Å². The SMILES string of the molecule is CCCC(CC)Oc1ccc(C2=C(Br)CCCc3c2ccc(O)c3F)cc1. The molecule has 1 aliphatic rings. The van der Waals surface area contributed by atoms with Crippen LogP contribution in [-0.2, 0) is 6.42 Å². The number of hydrogen-bond donors (Lipinski definition) is 1. The molecule has 4 heteroatoms. The van der Waals surface area contributed by atoms with Crippen LogP contribution < -0.4 is 4.74 Å². The van der Waals surface area contributed by atoms with E-state index < -0.39 is 5.82 Å². The van der Waals surface area contributed by atoms with Crippen molar-refractivity contribution in [2.75, 3.05) is 0 Å². The van der Waals surface area contributed by atoms with E-state index in [4.69, 9.17) is 4.74 Å². The second-order valence-corrected chi connectivity index (χ2v) is 7.98. The van der Waals surface area contributed by atoms with Gasteiger partial charge in [-0.3, -0.25) is 0 Å². The zero-order valence-corrected chi connectivity index (χ0v) is 17.5. The van der Waals surface area contributed by atoms with Crippen LogP contribution in [0.4, 0.5) is 4.39 Å². The summed E-state index contributed by atoms with van der Waals surface area (Å²) < 4.78 is 21.6. The smallest absolute Gasteiger partial charge is 0.168 e. The lowest BCUT2D eigenvalue weighted by molar-refractivity contribution is 0.186. The summed E-state index contributed by atoms with van der Waals surface area (Å²) in [6.07, 6.45) is 5.68. The monoisotopic (exact) mass is 432 g/mol. The Morgan fingerprint density at radius 3 is 2.52 bits per heavy atom. The van der Waals surface area contributed by atoms with Gasteiger partial charge in [0.05, 0.1) is 6.10 Å². The quantitative estimate of drug-likeness (QED) is 0.533. The molecule has 0 spiro atoms. The molecule has 0 amide bonds. The van der Waals surface area contributed by atoms with Gasteiger partial charge < -0.3 is 9.84 Å². The highest BCUT2D eigenvalue weighted by Gasteiger charge is 2.22. The van der Waals surface area contributed by atoms with E-state index in [0.29, 0.717) is 12.0 Å². The molecule has 144 valence electrons. The molecule has 1 aliphatic carbocycles. The predicted molar refractivity (Wildman–Crippen MR) is 112 cm³/mol. The Morgan fingerprint density at radius 2 is 1.85 bits per heavy atom. The van der Waals surface area contributed by atoms with Gasteiger partial charge in [0.15, 0.2) is 11.6 Å². The fourth-order valence-electron chi connectivity index (χ4n) is 3.65. The molecule has 27 heavy (non-hydrogen) atoms. The number of rotatable bonds is 6. The van der Waals surface area contributed by atoms with Gasteiger partial charge in [-0.2, -0.15) is 0 Å². The van der Waals surface area contributed by atoms with Crippen molar-refractivity contribution >= 4 is 21.5 Å². The number of benzene rings is 2. The zero-order valence-electron chi connectivity index (χ0n) is 15.9. The highest BCUT2D eigenvalue weighted by molar-refractivity contribution is 9.11. The number of fused-ring (bicyclic) bond motifs is 1. The number of phenolic OH excluding ortho intramolecular Hbond substituents is 1. The molecule has 0 aromatic heterocycles. The summed E-state index contributed by atoms with van der Waals surface area (Å²) in [6, 6.07) is 11.3. The van der Waals surface area contributed by atoms with Gasteiger partial charge in [-0.25, -0.2) is 4.39 Å². The van der Waals surface area contributed by atoms with Gasteiger partial charge in [-0.15, -0.1) is 0 Å². The molecular weight excluding hydrogens is 407 g/mol. The van der Waals surface area contributed by atoms with Crippen LogP contribution in [0.25, 0.3) is 5.57 Å². The van der Waals surface area contributed by atoms with E-state index in [0.717, 1.165) is 59.0 Å². The van der Waals surface area contributed by atoms with E-state index in [1.54, 1.807) is 0 Å². The zero-order chi connectivity index (χ0) is 19.4. The topological polar surface area (TPSA) is 29.5 Å². The molecule has 1 N–H and O–H groups in total. The average Bonchev–Trinajstić information content (AvgIpc) is 2.84. The second kappa shape index (κ2) is 8.92. The second-order valence-electron chi connectivity index (χ2n) is 7.02. The molecule has 2 aromatic carbocycles. The van der Waals surface area contributed by atoms with Gasteiger partial charge in [0, 0.05) is 4.48 Å². The van der Waals surface area contributed by atoms with E-state index in [1.165, 1.54) is 6.07 Å².